The fourth-order valence-electron chi connectivity index (χ4n) is 1.19. The van der Waals surface area contributed by atoms with E-state index in [1.807, 2.05) is 0 Å². The molecule has 2 N–H and O–H groups in total. The van der Waals surface area contributed by atoms with Gasteiger partial charge in [-0.2, -0.15) is 0 Å². The van der Waals surface area contributed by atoms with Crippen LogP contribution in [0.5, 0.6) is 5.75 Å². The predicted molar refractivity (Wildman–Crippen MR) is 59.2 cm³/mol. The van der Waals surface area contributed by atoms with Crippen LogP contribution in [-0.2, 0) is 11.2 Å². The van der Waals surface area contributed by atoms with Crippen LogP contribution in [0.1, 0.15) is 11.1 Å². The number of allylic oxidation sites excluding steroid dienone is 1. The summed E-state index contributed by atoms with van der Waals surface area (Å²) >= 11 is 5.47. The summed E-state index contributed by atoms with van der Waals surface area (Å²) in [6.07, 6.45) is 3.29. The number of hydrogen-bond acceptors (Lipinski definition) is 2. The van der Waals surface area contributed by atoms with E-state index in [2.05, 4.69) is 0 Å². The molecule has 80 valence electrons. The van der Waals surface area contributed by atoms with Crippen LogP contribution in [0, 0.1) is 0 Å². The molecule has 4 heteroatoms. The van der Waals surface area contributed by atoms with Gasteiger partial charge in [-0.25, -0.2) is 0 Å². The average Bonchev–Trinajstić information content (AvgIpc) is 2.18. The fraction of sp³-hybridized carbons (Fsp3) is 0.182. The molecule has 0 atom stereocenters. The number of aliphatic carboxylic acids is 1. The summed E-state index contributed by atoms with van der Waals surface area (Å²) in [5.74, 6) is -0.429. The second-order valence-electron chi connectivity index (χ2n) is 3.02. The number of phenolic OH excluding ortho intramolecular Hbond substituents is 1. The standard InChI is InChI=1S/C11H11ClO3/c12-5-1-2-9-6-8(7-11(14)15)3-4-10(9)13/h1-4,6,13H,5,7H2,(H,14,15). The maximum absolute atomic E-state index is 10.5. The Morgan fingerprint density at radius 1 is 1.47 bits per heavy atom. The first-order valence-corrected chi connectivity index (χ1v) is 4.93. The Morgan fingerprint density at radius 2 is 2.20 bits per heavy atom. The summed E-state index contributed by atoms with van der Waals surface area (Å²) in [6.45, 7) is 0. The van der Waals surface area contributed by atoms with Crippen LogP contribution in [0.3, 0.4) is 0 Å². The van der Waals surface area contributed by atoms with E-state index in [1.165, 1.54) is 6.07 Å². The molecule has 1 aromatic carbocycles. The third-order valence-electron chi connectivity index (χ3n) is 1.83. The lowest BCUT2D eigenvalue weighted by Crippen LogP contribution is -1.99. The number of alkyl halides is 1. The quantitative estimate of drug-likeness (QED) is 0.775. The Hall–Kier alpha value is -1.48. The molecule has 0 bridgehead atoms. The second-order valence-corrected chi connectivity index (χ2v) is 3.33. The zero-order valence-electron chi connectivity index (χ0n) is 7.98. The van der Waals surface area contributed by atoms with Gasteiger partial charge in [-0.05, 0) is 17.7 Å². The van der Waals surface area contributed by atoms with Gasteiger partial charge in [0.25, 0.3) is 0 Å². The molecule has 0 heterocycles. The Labute approximate surface area is 92.6 Å². The smallest absolute Gasteiger partial charge is 0.307 e. The molecule has 0 aliphatic heterocycles. The number of carbonyl (C=O) groups is 1. The lowest BCUT2D eigenvalue weighted by molar-refractivity contribution is -0.136. The molecule has 1 aromatic rings. The summed E-state index contributed by atoms with van der Waals surface area (Å²) in [5, 5.41) is 18.1. The van der Waals surface area contributed by atoms with Gasteiger partial charge in [-0.15, -0.1) is 11.6 Å². The normalized spacial score (nSPS) is 10.7. The monoisotopic (exact) mass is 226 g/mol. The zero-order valence-corrected chi connectivity index (χ0v) is 8.74. The largest absolute Gasteiger partial charge is 0.507 e. The van der Waals surface area contributed by atoms with E-state index in [1.54, 1.807) is 24.3 Å². The molecule has 0 unspecified atom stereocenters. The molecule has 0 aliphatic rings. The molecular formula is C11H11ClO3. The maximum atomic E-state index is 10.5. The van der Waals surface area contributed by atoms with E-state index in [9.17, 15) is 9.90 Å². The Bertz CT molecular complexity index is 385. The van der Waals surface area contributed by atoms with Crippen molar-refractivity contribution < 1.29 is 15.0 Å². The van der Waals surface area contributed by atoms with E-state index in [0.717, 1.165) is 0 Å². The van der Waals surface area contributed by atoms with E-state index in [4.69, 9.17) is 16.7 Å². The van der Waals surface area contributed by atoms with Crippen LogP contribution in [0.25, 0.3) is 6.08 Å². The SMILES string of the molecule is O=C(O)Cc1ccc(O)c(C=CCCl)c1. The van der Waals surface area contributed by atoms with Crippen LogP contribution in [0.15, 0.2) is 24.3 Å². The van der Waals surface area contributed by atoms with Crippen molar-refractivity contribution >= 4 is 23.6 Å². The average molecular weight is 227 g/mol. The minimum Gasteiger partial charge on any atom is -0.507 e. The maximum Gasteiger partial charge on any atom is 0.307 e. The van der Waals surface area contributed by atoms with Gasteiger partial charge in [0.2, 0.25) is 0 Å². The minimum absolute atomic E-state index is 0.0536. The van der Waals surface area contributed by atoms with Crippen LogP contribution in [-0.4, -0.2) is 22.1 Å². The van der Waals surface area contributed by atoms with Gasteiger partial charge in [0, 0.05) is 11.4 Å². The third-order valence-corrected chi connectivity index (χ3v) is 2.01. The number of halogens is 1. The van der Waals surface area contributed by atoms with Crippen LogP contribution in [0.2, 0.25) is 0 Å². The summed E-state index contributed by atoms with van der Waals surface area (Å²) in [4.78, 5) is 10.5. The Balaban J connectivity index is 2.94. The topological polar surface area (TPSA) is 57.5 Å². The van der Waals surface area contributed by atoms with Gasteiger partial charge >= 0.3 is 5.97 Å². The first kappa shape index (κ1) is 11.6. The van der Waals surface area contributed by atoms with Gasteiger partial charge in [0.05, 0.1) is 6.42 Å². The molecule has 3 nitrogen and oxygen atoms in total. The highest BCUT2D eigenvalue weighted by Crippen LogP contribution is 2.20. The van der Waals surface area contributed by atoms with Crippen molar-refractivity contribution in [2.45, 2.75) is 6.42 Å². The number of hydrogen-bond donors (Lipinski definition) is 2. The van der Waals surface area contributed by atoms with Crippen LogP contribution < -0.4 is 0 Å². The number of carboxylic acid groups (broad SMARTS) is 1. The predicted octanol–water partition coefficient (Wildman–Crippen LogP) is 2.27. The molecule has 0 spiro atoms. The molecule has 0 radical (unpaired) electrons. The lowest BCUT2D eigenvalue weighted by Gasteiger charge is -2.02. The fourth-order valence-corrected chi connectivity index (χ4v) is 1.28. The zero-order chi connectivity index (χ0) is 11.3. The van der Waals surface area contributed by atoms with Gasteiger partial charge < -0.3 is 10.2 Å². The van der Waals surface area contributed by atoms with Gasteiger partial charge in [0.1, 0.15) is 5.75 Å². The highest BCUT2D eigenvalue weighted by atomic mass is 35.5. The second kappa shape index (κ2) is 5.41. The van der Waals surface area contributed by atoms with E-state index in [-0.39, 0.29) is 12.2 Å². The number of phenols is 1. The number of aromatic hydroxyl groups is 1. The van der Waals surface area contributed by atoms with E-state index < -0.39 is 5.97 Å². The molecular weight excluding hydrogens is 216 g/mol. The number of benzene rings is 1. The van der Waals surface area contributed by atoms with Crippen LogP contribution >= 0.6 is 11.6 Å². The number of rotatable bonds is 4. The minimum atomic E-state index is -0.895. The van der Waals surface area contributed by atoms with Gasteiger partial charge in [-0.1, -0.05) is 18.2 Å². The van der Waals surface area contributed by atoms with Crippen molar-refractivity contribution in [2.24, 2.45) is 0 Å². The van der Waals surface area contributed by atoms with Crippen LogP contribution in [0.4, 0.5) is 0 Å². The van der Waals surface area contributed by atoms with Gasteiger partial charge in [-0.3, -0.25) is 4.79 Å². The highest BCUT2D eigenvalue weighted by Gasteiger charge is 2.03. The Kier molecular flexibility index (Phi) is 4.18. The summed E-state index contributed by atoms with van der Waals surface area (Å²) in [6, 6.07) is 4.69. The first-order valence-electron chi connectivity index (χ1n) is 4.39. The third kappa shape index (κ3) is 3.64. The van der Waals surface area contributed by atoms with Crippen molar-refractivity contribution in [1.29, 1.82) is 0 Å². The Morgan fingerprint density at radius 3 is 2.80 bits per heavy atom. The molecule has 1 rings (SSSR count). The van der Waals surface area contributed by atoms with Crippen molar-refractivity contribution in [2.75, 3.05) is 5.88 Å². The molecule has 0 aliphatic carbocycles. The first-order chi connectivity index (χ1) is 7.13. The van der Waals surface area contributed by atoms with Crippen molar-refractivity contribution in [3.05, 3.63) is 35.4 Å². The molecule has 15 heavy (non-hydrogen) atoms. The highest BCUT2D eigenvalue weighted by molar-refractivity contribution is 6.19. The lowest BCUT2D eigenvalue weighted by atomic mass is 10.1. The van der Waals surface area contributed by atoms with Gasteiger partial charge in [0.15, 0.2) is 0 Å². The molecule has 0 fully saturated rings. The van der Waals surface area contributed by atoms with Crippen molar-refractivity contribution in [1.82, 2.24) is 0 Å². The molecule has 0 aromatic heterocycles. The summed E-state index contributed by atoms with van der Waals surface area (Å²) in [5.41, 5.74) is 1.23. The number of carboxylic acids is 1. The summed E-state index contributed by atoms with van der Waals surface area (Å²) < 4.78 is 0. The molecule has 0 saturated heterocycles. The molecule has 0 amide bonds. The van der Waals surface area contributed by atoms with E-state index in [0.29, 0.717) is 17.0 Å². The summed E-state index contributed by atoms with van der Waals surface area (Å²) in [7, 11) is 0. The molecule has 0 saturated carbocycles. The van der Waals surface area contributed by atoms with Crippen molar-refractivity contribution in [3.8, 4) is 5.75 Å². The van der Waals surface area contributed by atoms with E-state index >= 15 is 0 Å². The van der Waals surface area contributed by atoms with Crippen molar-refractivity contribution in [3.63, 3.8) is 0 Å².